The molecular formula is C28H22O5. The summed E-state index contributed by atoms with van der Waals surface area (Å²) in [6, 6.07) is 23.9. The fraction of sp³-hybridized carbons (Fsp3) is 0.0714. The topological polar surface area (TPSA) is 101 Å². The summed E-state index contributed by atoms with van der Waals surface area (Å²) in [6.07, 6.45) is 0. The SMILES string of the molecule is CC(c1c(O)cc(O)cc1O)(c1c(O)ccc2ccccc12)c1c(O)ccc2ccccc12. The first-order valence-corrected chi connectivity index (χ1v) is 10.5. The number of aromatic hydroxyl groups is 5. The van der Waals surface area contributed by atoms with Crippen LogP contribution in [0.1, 0.15) is 23.6 Å². The number of phenols is 5. The molecule has 0 unspecified atom stereocenters. The lowest BCUT2D eigenvalue weighted by molar-refractivity contribution is 0.400. The van der Waals surface area contributed by atoms with Gasteiger partial charge in [-0.05, 0) is 40.6 Å². The minimum atomic E-state index is -1.42. The Balaban J connectivity index is 2.05. The molecule has 0 aromatic heterocycles. The fourth-order valence-electron chi connectivity index (χ4n) is 5.06. The maximum absolute atomic E-state index is 11.2. The Morgan fingerprint density at radius 2 is 0.909 bits per heavy atom. The zero-order valence-corrected chi connectivity index (χ0v) is 17.8. The second kappa shape index (κ2) is 7.35. The van der Waals surface area contributed by atoms with Gasteiger partial charge in [0.1, 0.15) is 28.7 Å². The number of hydrogen-bond acceptors (Lipinski definition) is 5. The molecule has 0 aliphatic carbocycles. The molecule has 0 saturated carbocycles. The summed E-state index contributed by atoms with van der Waals surface area (Å²) in [5, 5.41) is 57.3. The lowest BCUT2D eigenvalue weighted by atomic mass is 9.67. The molecule has 0 aliphatic rings. The van der Waals surface area contributed by atoms with E-state index in [1.165, 1.54) is 0 Å². The van der Waals surface area contributed by atoms with Crippen molar-refractivity contribution in [2.75, 3.05) is 0 Å². The van der Waals surface area contributed by atoms with E-state index < -0.39 is 5.41 Å². The van der Waals surface area contributed by atoms with Gasteiger partial charge < -0.3 is 25.5 Å². The molecule has 33 heavy (non-hydrogen) atoms. The summed E-state index contributed by atoms with van der Waals surface area (Å²) in [5.41, 5.74) is -0.553. The number of phenolic OH excluding ortho intramolecular Hbond substituents is 5. The molecule has 5 heteroatoms. The molecule has 5 aromatic carbocycles. The first-order valence-electron chi connectivity index (χ1n) is 10.5. The lowest BCUT2D eigenvalue weighted by Gasteiger charge is -2.35. The van der Waals surface area contributed by atoms with Gasteiger partial charge in [0.2, 0.25) is 0 Å². The van der Waals surface area contributed by atoms with Gasteiger partial charge in [0.15, 0.2) is 0 Å². The van der Waals surface area contributed by atoms with Crippen molar-refractivity contribution in [3.8, 4) is 28.7 Å². The van der Waals surface area contributed by atoms with Crippen LogP contribution in [-0.4, -0.2) is 25.5 Å². The molecule has 0 aliphatic heterocycles. The Kier molecular flexibility index (Phi) is 4.57. The Labute approximate surface area is 190 Å². The Bertz CT molecular complexity index is 1430. The van der Waals surface area contributed by atoms with Crippen molar-refractivity contribution >= 4 is 21.5 Å². The van der Waals surface area contributed by atoms with E-state index in [2.05, 4.69) is 0 Å². The van der Waals surface area contributed by atoms with Crippen LogP contribution in [0.25, 0.3) is 21.5 Å². The Morgan fingerprint density at radius 3 is 1.36 bits per heavy atom. The van der Waals surface area contributed by atoms with Crippen molar-refractivity contribution in [2.45, 2.75) is 12.3 Å². The zero-order valence-electron chi connectivity index (χ0n) is 17.8. The fourth-order valence-corrected chi connectivity index (χ4v) is 5.06. The van der Waals surface area contributed by atoms with Crippen LogP contribution in [-0.2, 0) is 5.41 Å². The van der Waals surface area contributed by atoms with Gasteiger partial charge in [-0.25, -0.2) is 0 Å². The highest BCUT2D eigenvalue weighted by Crippen LogP contribution is 2.55. The quantitative estimate of drug-likeness (QED) is 0.227. The number of benzene rings is 5. The average Bonchev–Trinajstić information content (AvgIpc) is 2.78. The summed E-state index contributed by atoms with van der Waals surface area (Å²) in [6.45, 7) is 1.74. The Hall–Kier alpha value is -4.38. The van der Waals surface area contributed by atoms with Crippen LogP contribution in [0.5, 0.6) is 28.7 Å². The predicted molar refractivity (Wildman–Crippen MR) is 128 cm³/mol. The highest BCUT2D eigenvalue weighted by atomic mass is 16.3. The van der Waals surface area contributed by atoms with Crippen molar-refractivity contribution in [1.82, 2.24) is 0 Å². The maximum Gasteiger partial charge on any atom is 0.127 e. The van der Waals surface area contributed by atoms with E-state index in [0.29, 0.717) is 21.9 Å². The van der Waals surface area contributed by atoms with Crippen LogP contribution in [0.4, 0.5) is 0 Å². The molecule has 5 aromatic rings. The van der Waals surface area contributed by atoms with Crippen molar-refractivity contribution in [2.24, 2.45) is 0 Å². The highest BCUT2D eigenvalue weighted by molar-refractivity contribution is 5.95. The highest BCUT2D eigenvalue weighted by Gasteiger charge is 2.42. The van der Waals surface area contributed by atoms with Gasteiger partial charge in [0, 0.05) is 23.3 Å². The molecule has 5 rings (SSSR count). The first kappa shape index (κ1) is 20.5. The first-order chi connectivity index (χ1) is 15.8. The summed E-state index contributed by atoms with van der Waals surface area (Å²) in [5.74, 6) is -1.16. The van der Waals surface area contributed by atoms with Crippen LogP contribution in [0, 0.1) is 0 Å². The van der Waals surface area contributed by atoms with Gasteiger partial charge in [-0.15, -0.1) is 0 Å². The van der Waals surface area contributed by atoms with Crippen LogP contribution in [0.2, 0.25) is 0 Å². The maximum atomic E-state index is 11.2. The van der Waals surface area contributed by atoms with E-state index in [9.17, 15) is 25.5 Å². The Morgan fingerprint density at radius 1 is 0.485 bits per heavy atom. The van der Waals surface area contributed by atoms with E-state index in [1.807, 2.05) is 48.5 Å². The second-order valence-electron chi connectivity index (χ2n) is 8.35. The number of hydrogen-bond donors (Lipinski definition) is 5. The summed E-state index contributed by atoms with van der Waals surface area (Å²) < 4.78 is 0. The van der Waals surface area contributed by atoms with Crippen molar-refractivity contribution in [1.29, 1.82) is 0 Å². The lowest BCUT2D eigenvalue weighted by Crippen LogP contribution is -2.27. The average molecular weight is 438 g/mol. The van der Waals surface area contributed by atoms with Gasteiger partial charge in [-0.2, -0.15) is 0 Å². The van der Waals surface area contributed by atoms with E-state index >= 15 is 0 Å². The van der Waals surface area contributed by atoms with Crippen molar-refractivity contribution in [3.63, 3.8) is 0 Å². The van der Waals surface area contributed by atoms with Crippen LogP contribution >= 0.6 is 0 Å². The molecular weight excluding hydrogens is 416 g/mol. The molecule has 0 bridgehead atoms. The number of rotatable bonds is 3. The smallest absolute Gasteiger partial charge is 0.127 e. The minimum absolute atomic E-state index is 0.0543. The summed E-state index contributed by atoms with van der Waals surface area (Å²) in [7, 11) is 0. The minimum Gasteiger partial charge on any atom is -0.508 e. The van der Waals surface area contributed by atoms with Gasteiger partial charge >= 0.3 is 0 Å². The summed E-state index contributed by atoms with van der Waals surface area (Å²) in [4.78, 5) is 0. The van der Waals surface area contributed by atoms with Crippen molar-refractivity contribution in [3.05, 3.63) is 102 Å². The molecule has 0 amide bonds. The van der Waals surface area contributed by atoms with Gasteiger partial charge in [0.05, 0.1) is 11.0 Å². The molecule has 0 spiro atoms. The number of fused-ring (bicyclic) bond motifs is 2. The van der Waals surface area contributed by atoms with Gasteiger partial charge in [0.25, 0.3) is 0 Å². The van der Waals surface area contributed by atoms with Crippen molar-refractivity contribution < 1.29 is 25.5 Å². The van der Waals surface area contributed by atoms with E-state index in [-0.39, 0.29) is 34.3 Å². The molecule has 0 atom stereocenters. The molecule has 0 saturated heterocycles. The van der Waals surface area contributed by atoms with E-state index in [4.69, 9.17) is 0 Å². The predicted octanol–water partition coefficient (Wildman–Crippen LogP) is 5.88. The molecule has 0 radical (unpaired) electrons. The molecule has 5 nitrogen and oxygen atoms in total. The van der Waals surface area contributed by atoms with Crippen LogP contribution < -0.4 is 0 Å². The third kappa shape index (κ3) is 3.01. The molecule has 164 valence electrons. The monoisotopic (exact) mass is 438 g/mol. The standard InChI is InChI=1S/C28H22O5/c1-28(27-23(32)14-18(29)15-24(27)33,25-19-8-4-2-6-16(19)10-12-21(25)30)26-20-9-5-3-7-17(20)11-13-22(26)31/h2-15,29-33H,1H3. The van der Waals surface area contributed by atoms with Gasteiger partial charge in [-0.3, -0.25) is 0 Å². The molecule has 0 fully saturated rings. The third-order valence-electron chi connectivity index (χ3n) is 6.40. The van der Waals surface area contributed by atoms with Crippen LogP contribution in [0.15, 0.2) is 84.9 Å². The second-order valence-corrected chi connectivity index (χ2v) is 8.35. The molecule has 5 N–H and O–H groups in total. The summed E-state index contributed by atoms with van der Waals surface area (Å²) >= 11 is 0. The van der Waals surface area contributed by atoms with Crippen LogP contribution in [0.3, 0.4) is 0 Å². The van der Waals surface area contributed by atoms with E-state index in [0.717, 1.165) is 22.9 Å². The molecule has 0 heterocycles. The third-order valence-corrected chi connectivity index (χ3v) is 6.40. The largest absolute Gasteiger partial charge is 0.508 e. The van der Waals surface area contributed by atoms with Gasteiger partial charge in [-0.1, -0.05) is 60.7 Å². The van der Waals surface area contributed by atoms with E-state index in [1.54, 1.807) is 31.2 Å². The zero-order chi connectivity index (χ0) is 23.3. The normalized spacial score (nSPS) is 11.8.